The number of nitrogens with zero attached hydrogens (tertiary/aromatic N) is 2. The fourth-order valence-electron chi connectivity index (χ4n) is 3.38. The Balaban J connectivity index is 1.61. The van der Waals surface area contributed by atoms with Gasteiger partial charge in [0.2, 0.25) is 5.91 Å². The number of nitrogens with one attached hydrogen (secondary N) is 1. The largest absolute Gasteiger partial charge is 0.507 e. The quantitative estimate of drug-likeness (QED) is 0.505. The lowest BCUT2D eigenvalue weighted by molar-refractivity contribution is -0.384. The molecule has 116 valence electrons. The minimum absolute atomic E-state index is 0.0540. The third kappa shape index (κ3) is 2.79. The standard InChI is InChI=1S/C15H17N3O4/c19-13-6-5-10(18(21)22)7-9(13)8-16-17-15(20)14-11-3-1-2-4-12(11)14/h5-8,11-12,14,19H,1-4H2,(H,17,20)/b16-8-. The Hall–Kier alpha value is -2.44. The predicted octanol–water partition coefficient (Wildman–Crippen LogP) is 2.19. The van der Waals surface area contributed by atoms with Crippen molar-refractivity contribution in [1.29, 1.82) is 0 Å². The third-order valence-corrected chi connectivity index (χ3v) is 4.56. The average molecular weight is 303 g/mol. The molecule has 1 aromatic carbocycles. The molecule has 0 bridgehead atoms. The second-order valence-corrected chi connectivity index (χ2v) is 5.87. The van der Waals surface area contributed by atoms with Gasteiger partial charge in [0, 0.05) is 23.6 Å². The van der Waals surface area contributed by atoms with Crippen LogP contribution in [-0.2, 0) is 4.79 Å². The maximum Gasteiger partial charge on any atom is 0.270 e. The van der Waals surface area contributed by atoms with E-state index in [1.165, 1.54) is 37.3 Å². The number of phenolic OH excluding ortho intramolecular Hbond substituents is 1. The normalized spacial score (nSPS) is 26.5. The number of carbonyl (C=O) groups is 1. The molecule has 1 aromatic rings. The third-order valence-electron chi connectivity index (χ3n) is 4.56. The van der Waals surface area contributed by atoms with E-state index < -0.39 is 4.92 Å². The molecule has 2 atom stereocenters. The highest BCUT2D eigenvalue weighted by Gasteiger charge is 2.54. The van der Waals surface area contributed by atoms with Crippen LogP contribution in [0.25, 0.3) is 0 Å². The molecular weight excluding hydrogens is 286 g/mol. The number of benzene rings is 1. The van der Waals surface area contributed by atoms with Gasteiger partial charge in [0.15, 0.2) is 0 Å². The molecule has 2 fully saturated rings. The first-order chi connectivity index (χ1) is 10.6. The van der Waals surface area contributed by atoms with Crippen LogP contribution in [0.2, 0.25) is 0 Å². The van der Waals surface area contributed by atoms with Crippen LogP contribution in [0.3, 0.4) is 0 Å². The lowest BCUT2D eigenvalue weighted by atomic mass is 10.0. The van der Waals surface area contributed by atoms with Gasteiger partial charge < -0.3 is 5.11 Å². The van der Waals surface area contributed by atoms with Gasteiger partial charge >= 0.3 is 0 Å². The summed E-state index contributed by atoms with van der Waals surface area (Å²) in [5.41, 5.74) is 2.53. The van der Waals surface area contributed by atoms with Crippen molar-refractivity contribution >= 4 is 17.8 Å². The van der Waals surface area contributed by atoms with E-state index in [9.17, 15) is 20.0 Å². The number of rotatable bonds is 4. The summed E-state index contributed by atoms with van der Waals surface area (Å²) >= 11 is 0. The van der Waals surface area contributed by atoms with Crippen molar-refractivity contribution in [3.05, 3.63) is 33.9 Å². The van der Waals surface area contributed by atoms with Crippen LogP contribution in [0.1, 0.15) is 31.2 Å². The van der Waals surface area contributed by atoms with Gasteiger partial charge in [-0.1, -0.05) is 12.8 Å². The van der Waals surface area contributed by atoms with Crippen LogP contribution in [0.5, 0.6) is 5.75 Å². The van der Waals surface area contributed by atoms with Crippen molar-refractivity contribution in [1.82, 2.24) is 5.43 Å². The van der Waals surface area contributed by atoms with Crippen molar-refractivity contribution in [2.75, 3.05) is 0 Å². The molecule has 0 saturated heterocycles. The van der Waals surface area contributed by atoms with Gasteiger partial charge in [0.1, 0.15) is 5.75 Å². The maximum absolute atomic E-state index is 12.0. The maximum atomic E-state index is 12.0. The first-order valence-corrected chi connectivity index (χ1v) is 7.38. The lowest BCUT2D eigenvalue weighted by Crippen LogP contribution is -2.20. The number of hydrazone groups is 1. The fraction of sp³-hybridized carbons (Fsp3) is 0.467. The van der Waals surface area contributed by atoms with Crippen LogP contribution in [0.15, 0.2) is 23.3 Å². The van der Waals surface area contributed by atoms with Crippen molar-refractivity contribution in [2.45, 2.75) is 25.7 Å². The molecule has 0 aliphatic heterocycles. The van der Waals surface area contributed by atoms with Crippen LogP contribution < -0.4 is 5.43 Å². The van der Waals surface area contributed by atoms with Gasteiger partial charge in [-0.15, -0.1) is 0 Å². The number of fused-ring (bicyclic) bond motifs is 1. The summed E-state index contributed by atoms with van der Waals surface area (Å²) in [4.78, 5) is 22.2. The highest BCUT2D eigenvalue weighted by molar-refractivity contribution is 5.87. The topological polar surface area (TPSA) is 105 Å². The molecule has 22 heavy (non-hydrogen) atoms. The Morgan fingerprint density at radius 1 is 1.36 bits per heavy atom. The van der Waals surface area contributed by atoms with E-state index >= 15 is 0 Å². The summed E-state index contributed by atoms with van der Waals surface area (Å²) < 4.78 is 0. The summed E-state index contributed by atoms with van der Waals surface area (Å²) in [5.74, 6) is 0.824. The SMILES string of the molecule is O=C(N/N=C\c1cc([N+](=O)[O-])ccc1O)C1C2CCCCC21. The average Bonchev–Trinajstić information content (AvgIpc) is 3.23. The first-order valence-electron chi connectivity index (χ1n) is 7.38. The van der Waals surface area contributed by atoms with Crippen LogP contribution in [0, 0.1) is 27.9 Å². The zero-order valence-corrected chi connectivity index (χ0v) is 11.9. The first kappa shape index (κ1) is 14.5. The van der Waals surface area contributed by atoms with Crippen LogP contribution in [-0.4, -0.2) is 22.2 Å². The van der Waals surface area contributed by atoms with E-state index in [0.29, 0.717) is 11.8 Å². The molecule has 2 aliphatic rings. The van der Waals surface area contributed by atoms with Gasteiger partial charge in [-0.25, -0.2) is 5.43 Å². The second kappa shape index (κ2) is 5.75. The highest BCUT2D eigenvalue weighted by Crippen LogP contribution is 2.55. The summed E-state index contributed by atoms with van der Waals surface area (Å²) in [5, 5.41) is 24.2. The zero-order valence-electron chi connectivity index (χ0n) is 11.9. The molecule has 7 heteroatoms. The molecular formula is C15H17N3O4. The number of amides is 1. The molecule has 2 unspecified atom stereocenters. The smallest absolute Gasteiger partial charge is 0.270 e. The summed E-state index contributed by atoms with van der Waals surface area (Å²) in [7, 11) is 0. The number of carbonyl (C=O) groups excluding carboxylic acids is 1. The second-order valence-electron chi connectivity index (χ2n) is 5.87. The van der Waals surface area contributed by atoms with E-state index in [4.69, 9.17) is 0 Å². The molecule has 7 nitrogen and oxygen atoms in total. The number of nitro groups is 1. The lowest BCUT2D eigenvalue weighted by Gasteiger charge is -2.04. The summed E-state index contributed by atoms with van der Waals surface area (Å²) in [6, 6.07) is 3.65. The van der Waals surface area contributed by atoms with Crippen LogP contribution >= 0.6 is 0 Å². The molecule has 2 saturated carbocycles. The van der Waals surface area contributed by atoms with Crippen molar-refractivity contribution in [2.24, 2.45) is 22.9 Å². The molecule has 0 radical (unpaired) electrons. The van der Waals surface area contributed by atoms with Gasteiger partial charge in [0.25, 0.3) is 5.69 Å². The number of nitro benzene ring substituents is 1. The molecule has 0 heterocycles. The van der Waals surface area contributed by atoms with Gasteiger partial charge in [0.05, 0.1) is 11.1 Å². The molecule has 2 aliphatic carbocycles. The number of aromatic hydroxyl groups is 1. The Kier molecular flexibility index (Phi) is 3.79. The Labute approximate surface area is 127 Å². The van der Waals surface area contributed by atoms with Gasteiger partial charge in [-0.3, -0.25) is 14.9 Å². The Morgan fingerprint density at radius 2 is 2.05 bits per heavy atom. The predicted molar refractivity (Wildman–Crippen MR) is 79.4 cm³/mol. The van der Waals surface area contributed by atoms with E-state index in [0.717, 1.165) is 12.8 Å². The van der Waals surface area contributed by atoms with E-state index in [-0.39, 0.29) is 28.8 Å². The summed E-state index contributed by atoms with van der Waals surface area (Å²) in [6.07, 6.45) is 5.83. The number of hydrogen-bond acceptors (Lipinski definition) is 5. The Bertz CT molecular complexity index is 632. The van der Waals surface area contributed by atoms with E-state index in [1.54, 1.807) is 0 Å². The van der Waals surface area contributed by atoms with E-state index in [1.807, 2.05) is 0 Å². The van der Waals surface area contributed by atoms with Crippen molar-refractivity contribution in [3.63, 3.8) is 0 Å². The Morgan fingerprint density at radius 3 is 2.68 bits per heavy atom. The molecule has 3 rings (SSSR count). The summed E-state index contributed by atoms with van der Waals surface area (Å²) in [6.45, 7) is 0. The van der Waals surface area contributed by atoms with Crippen LogP contribution in [0.4, 0.5) is 5.69 Å². The monoisotopic (exact) mass is 303 g/mol. The number of non-ortho nitro benzene ring substituents is 1. The minimum atomic E-state index is -0.551. The zero-order chi connectivity index (χ0) is 15.7. The number of phenols is 1. The van der Waals surface area contributed by atoms with Gasteiger partial charge in [-0.05, 0) is 30.7 Å². The molecule has 0 aromatic heterocycles. The fourth-order valence-corrected chi connectivity index (χ4v) is 3.38. The molecule has 0 spiro atoms. The van der Waals surface area contributed by atoms with Crippen molar-refractivity contribution in [3.8, 4) is 5.75 Å². The van der Waals surface area contributed by atoms with E-state index in [2.05, 4.69) is 10.5 Å². The molecule has 1 amide bonds. The minimum Gasteiger partial charge on any atom is -0.507 e. The van der Waals surface area contributed by atoms with Gasteiger partial charge in [-0.2, -0.15) is 5.10 Å². The highest BCUT2D eigenvalue weighted by atomic mass is 16.6. The van der Waals surface area contributed by atoms with Crippen molar-refractivity contribution < 1.29 is 14.8 Å². The molecule has 2 N–H and O–H groups in total. The number of hydrogen-bond donors (Lipinski definition) is 2.